The molecule has 6 nitrogen and oxygen atoms in total. The van der Waals surface area contributed by atoms with Crippen LogP contribution in [0.2, 0.25) is 5.02 Å². The van der Waals surface area contributed by atoms with Crippen LogP contribution in [0.5, 0.6) is 0 Å². The quantitative estimate of drug-likeness (QED) is 0.605. The lowest BCUT2D eigenvalue weighted by Gasteiger charge is -2.12. The van der Waals surface area contributed by atoms with E-state index in [4.69, 9.17) is 16.3 Å². The first-order valence-corrected chi connectivity index (χ1v) is 8.83. The Morgan fingerprint density at radius 1 is 1.04 bits per heavy atom. The predicted molar refractivity (Wildman–Crippen MR) is 109 cm³/mol. The highest BCUT2D eigenvalue weighted by Gasteiger charge is 2.13. The number of para-hydroxylation sites is 1. The second kappa shape index (κ2) is 8.54. The van der Waals surface area contributed by atoms with Crippen LogP contribution in [0.15, 0.2) is 60.9 Å². The number of carbonyl (C=O) groups is 2. The Morgan fingerprint density at radius 2 is 1.79 bits per heavy atom. The second-order valence-corrected chi connectivity index (χ2v) is 6.40. The fourth-order valence-corrected chi connectivity index (χ4v) is 2.78. The Balaban J connectivity index is 1.82. The summed E-state index contributed by atoms with van der Waals surface area (Å²) in [4.78, 5) is 28.6. The van der Waals surface area contributed by atoms with Gasteiger partial charge in [-0.25, -0.2) is 4.79 Å². The highest BCUT2D eigenvalue weighted by atomic mass is 35.5. The molecule has 0 saturated heterocycles. The first kappa shape index (κ1) is 19.4. The van der Waals surface area contributed by atoms with Gasteiger partial charge in [0.05, 0.1) is 35.8 Å². The lowest BCUT2D eigenvalue weighted by atomic mass is 10.1. The number of methoxy groups -OCH3 is 1. The molecule has 1 aromatic heterocycles. The van der Waals surface area contributed by atoms with Crippen molar-refractivity contribution in [3.8, 4) is 0 Å². The summed E-state index contributed by atoms with van der Waals surface area (Å²) in [5.41, 5.74) is 3.28. The zero-order chi connectivity index (χ0) is 20.1. The number of anilines is 3. The molecule has 2 N–H and O–H groups in total. The monoisotopic (exact) mass is 395 g/mol. The molecule has 3 aromatic rings. The Bertz CT molecular complexity index is 1040. The molecule has 0 saturated carbocycles. The SMILES string of the molecule is COC(=O)c1ccccc1Nc1cncc(C(=O)Nc2cccc(Cl)c2C)c1. The van der Waals surface area contributed by atoms with Gasteiger partial charge in [-0.05, 0) is 42.8 Å². The van der Waals surface area contributed by atoms with Crippen LogP contribution in [-0.4, -0.2) is 24.0 Å². The van der Waals surface area contributed by atoms with Crippen LogP contribution in [0, 0.1) is 6.92 Å². The van der Waals surface area contributed by atoms with Crippen LogP contribution in [0.1, 0.15) is 26.3 Å². The van der Waals surface area contributed by atoms with Crippen molar-refractivity contribution in [3.05, 3.63) is 82.6 Å². The largest absolute Gasteiger partial charge is 0.465 e. The Kier molecular flexibility index (Phi) is 5.91. The maximum atomic E-state index is 12.6. The molecule has 0 unspecified atom stereocenters. The van der Waals surface area contributed by atoms with E-state index in [1.54, 1.807) is 54.7 Å². The van der Waals surface area contributed by atoms with Crippen molar-refractivity contribution < 1.29 is 14.3 Å². The highest BCUT2D eigenvalue weighted by molar-refractivity contribution is 6.31. The average Bonchev–Trinajstić information content (AvgIpc) is 2.71. The number of nitrogens with one attached hydrogen (secondary N) is 2. The number of halogens is 1. The normalized spacial score (nSPS) is 10.2. The van der Waals surface area contributed by atoms with E-state index >= 15 is 0 Å². The maximum absolute atomic E-state index is 12.6. The number of hydrogen-bond acceptors (Lipinski definition) is 5. The van der Waals surface area contributed by atoms with Gasteiger partial charge < -0.3 is 15.4 Å². The van der Waals surface area contributed by atoms with Crippen LogP contribution in [0.4, 0.5) is 17.1 Å². The fourth-order valence-electron chi connectivity index (χ4n) is 2.61. The number of amides is 1. The minimum Gasteiger partial charge on any atom is -0.465 e. The second-order valence-electron chi connectivity index (χ2n) is 5.99. The molecule has 0 radical (unpaired) electrons. The minimum atomic E-state index is -0.457. The first-order chi connectivity index (χ1) is 13.5. The van der Waals surface area contributed by atoms with Crippen molar-refractivity contribution in [2.45, 2.75) is 6.92 Å². The predicted octanol–water partition coefficient (Wildman–Crippen LogP) is 4.83. The van der Waals surface area contributed by atoms with Gasteiger partial charge in [0.15, 0.2) is 0 Å². The standard InChI is InChI=1S/C21H18ClN3O3/c1-13-17(22)7-5-9-18(13)25-20(26)14-10-15(12-23-11-14)24-19-8-4-3-6-16(19)21(27)28-2/h3-12,24H,1-2H3,(H,25,26). The molecule has 0 bridgehead atoms. The van der Waals surface area contributed by atoms with Crippen LogP contribution in [-0.2, 0) is 4.74 Å². The van der Waals surface area contributed by atoms with E-state index in [1.807, 2.05) is 6.92 Å². The van der Waals surface area contributed by atoms with E-state index in [1.165, 1.54) is 13.3 Å². The molecule has 0 aliphatic carbocycles. The topological polar surface area (TPSA) is 80.3 Å². The average molecular weight is 396 g/mol. The molecule has 0 spiro atoms. The van der Waals surface area contributed by atoms with Crippen LogP contribution in [0.25, 0.3) is 0 Å². The molecule has 0 atom stereocenters. The third-order valence-electron chi connectivity index (χ3n) is 4.13. The van der Waals surface area contributed by atoms with Crippen molar-refractivity contribution in [3.63, 3.8) is 0 Å². The van der Waals surface area contributed by atoms with Crippen molar-refractivity contribution in [2.75, 3.05) is 17.7 Å². The third kappa shape index (κ3) is 4.29. The van der Waals surface area contributed by atoms with Gasteiger partial charge in [0.25, 0.3) is 5.91 Å². The molecule has 0 aliphatic rings. The number of benzene rings is 2. The van der Waals surface area contributed by atoms with Gasteiger partial charge >= 0.3 is 5.97 Å². The van der Waals surface area contributed by atoms with Gasteiger partial charge in [-0.1, -0.05) is 29.8 Å². The summed E-state index contributed by atoms with van der Waals surface area (Å²) in [6, 6.07) is 13.9. The summed E-state index contributed by atoms with van der Waals surface area (Å²) >= 11 is 6.10. The molecular weight excluding hydrogens is 378 g/mol. The molecule has 142 valence electrons. The first-order valence-electron chi connectivity index (χ1n) is 8.45. The Hall–Kier alpha value is -3.38. The number of hydrogen-bond donors (Lipinski definition) is 2. The molecule has 0 aliphatic heterocycles. The van der Waals surface area contributed by atoms with Gasteiger partial charge in [-0.15, -0.1) is 0 Å². The third-order valence-corrected chi connectivity index (χ3v) is 4.54. The molecule has 3 rings (SSSR count). The lowest BCUT2D eigenvalue weighted by Crippen LogP contribution is -2.13. The maximum Gasteiger partial charge on any atom is 0.339 e. The number of ether oxygens (including phenoxy) is 1. The molecule has 28 heavy (non-hydrogen) atoms. The van der Waals surface area contributed by atoms with E-state index in [2.05, 4.69) is 15.6 Å². The number of pyridine rings is 1. The van der Waals surface area contributed by atoms with Gasteiger partial charge in [-0.3, -0.25) is 9.78 Å². The van der Waals surface area contributed by atoms with Crippen LogP contribution >= 0.6 is 11.6 Å². The number of aromatic nitrogens is 1. The van der Waals surface area contributed by atoms with Crippen molar-refractivity contribution >= 4 is 40.5 Å². The highest BCUT2D eigenvalue weighted by Crippen LogP contribution is 2.25. The molecule has 2 aromatic carbocycles. The zero-order valence-electron chi connectivity index (χ0n) is 15.3. The number of rotatable bonds is 5. The van der Waals surface area contributed by atoms with Gasteiger partial charge in [0, 0.05) is 16.9 Å². The Labute approximate surface area is 167 Å². The number of carbonyl (C=O) groups excluding carboxylic acids is 2. The smallest absolute Gasteiger partial charge is 0.339 e. The van der Waals surface area contributed by atoms with Gasteiger partial charge in [0.2, 0.25) is 0 Å². The summed E-state index contributed by atoms with van der Waals surface area (Å²) in [5, 5.41) is 6.51. The molecule has 7 heteroatoms. The van der Waals surface area contributed by atoms with Gasteiger partial charge in [0.1, 0.15) is 0 Å². The van der Waals surface area contributed by atoms with Crippen molar-refractivity contribution in [2.24, 2.45) is 0 Å². The molecule has 1 amide bonds. The number of esters is 1. The van der Waals surface area contributed by atoms with E-state index in [9.17, 15) is 9.59 Å². The lowest BCUT2D eigenvalue weighted by molar-refractivity contribution is 0.0601. The van der Waals surface area contributed by atoms with Gasteiger partial charge in [-0.2, -0.15) is 0 Å². The van der Waals surface area contributed by atoms with Crippen LogP contribution < -0.4 is 10.6 Å². The summed E-state index contributed by atoms with van der Waals surface area (Å²) < 4.78 is 4.79. The fraction of sp³-hybridized carbons (Fsp3) is 0.0952. The van der Waals surface area contributed by atoms with Crippen molar-refractivity contribution in [1.82, 2.24) is 4.98 Å². The molecule has 1 heterocycles. The minimum absolute atomic E-state index is 0.317. The van der Waals surface area contributed by atoms with Crippen molar-refractivity contribution in [1.29, 1.82) is 0 Å². The summed E-state index contributed by atoms with van der Waals surface area (Å²) in [7, 11) is 1.32. The zero-order valence-corrected chi connectivity index (χ0v) is 16.1. The summed E-state index contributed by atoms with van der Waals surface area (Å²) in [6.07, 6.45) is 3.03. The Morgan fingerprint density at radius 3 is 2.57 bits per heavy atom. The van der Waals surface area contributed by atoms with E-state index in [0.717, 1.165) is 5.56 Å². The van der Waals surface area contributed by atoms with E-state index < -0.39 is 5.97 Å². The summed E-state index contributed by atoms with van der Waals surface area (Å²) in [6.45, 7) is 1.83. The molecule has 0 fully saturated rings. The summed E-state index contributed by atoms with van der Waals surface area (Å²) in [5.74, 6) is -0.774. The number of nitrogens with zero attached hydrogens (tertiary/aromatic N) is 1. The molecular formula is C21H18ClN3O3. The van der Waals surface area contributed by atoms with Crippen LogP contribution in [0.3, 0.4) is 0 Å². The van der Waals surface area contributed by atoms with E-state index in [0.29, 0.717) is 33.2 Å². The van der Waals surface area contributed by atoms with E-state index in [-0.39, 0.29) is 5.91 Å².